The predicted molar refractivity (Wildman–Crippen MR) is 137 cm³/mol. The first kappa shape index (κ1) is 26.0. The molecule has 5 fully saturated rings. The van der Waals surface area contributed by atoms with Crippen LogP contribution in [0, 0.1) is 16.7 Å². The number of aliphatic carboxylic acids is 1. The van der Waals surface area contributed by atoms with E-state index in [0.29, 0.717) is 12.0 Å². The average molecular weight is 485 g/mol. The maximum absolute atomic E-state index is 12.0. The third-order valence-corrected chi connectivity index (χ3v) is 8.59. The summed E-state index contributed by atoms with van der Waals surface area (Å²) < 4.78 is 5.33. The standard InChI is InChI=1S/C18H22O2.C11H22N2O2/c1-16-7-13-8-17(10-16,14-5-3-2-4-6-14)12-18(9-13,11-16)15(19)20;1-5-9-8-13(7-6-12-9)10(14)15-11(2,3)4/h2-6,13H,7-12H2,1H3,(H,19,20);9,12H,5-8H2,1-4H3. The Morgan fingerprint density at radius 2 is 1.83 bits per heavy atom. The van der Waals surface area contributed by atoms with Crippen molar-refractivity contribution in [3.8, 4) is 0 Å². The van der Waals surface area contributed by atoms with Crippen LogP contribution < -0.4 is 5.32 Å². The number of nitrogens with zero attached hydrogens (tertiary/aromatic N) is 1. The third kappa shape index (κ3) is 5.52. The number of rotatable bonds is 3. The van der Waals surface area contributed by atoms with E-state index in [1.165, 1.54) is 24.8 Å². The van der Waals surface area contributed by atoms with Crippen molar-refractivity contribution >= 4 is 12.1 Å². The Morgan fingerprint density at radius 1 is 1.11 bits per heavy atom. The summed E-state index contributed by atoms with van der Waals surface area (Å²) in [4.78, 5) is 25.5. The zero-order chi connectivity index (χ0) is 25.5. The molecule has 4 bridgehead atoms. The van der Waals surface area contributed by atoms with E-state index in [9.17, 15) is 14.7 Å². The van der Waals surface area contributed by atoms with Gasteiger partial charge in [0.2, 0.25) is 0 Å². The fourth-order valence-electron chi connectivity index (χ4n) is 7.86. The number of amides is 1. The molecular formula is C29H44N2O4. The van der Waals surface area contributed by atoms with Crippen LogP contribution in [0.1, 0.15) is 85.1 Å². The molecule has 0 spiro atoms. The molecule has 1 heterocycles. The summed E-state index contributed by atoms with van der Waals surface area (Å²) in [6, 6.07) is 11.1. The van der Waals surface area contributed by atoms with Gasteiger partial charge in [0.1, 0.15) is 5.60 Å². The van der Waals surface area contributed by atoms with E-state index in [4.69, 9.17) is 4.74 Å². The summed E-state index contributed by atoms with van der Waals surface area (Å²) in [5.74, 6) is 0.0562. The summed E-state index contributed by atoms with van der Waals surface area (Å²) >= 11 is 0. The van der Waals surface area contributed by atoms with Crippen molar-refractivity contribution in [2.45, 2.75) is 96.6 Å². The SMILES string of the molecule is CC12CC3CC(C(=O)O)(C1)CC(c1ccccc1)(C3)C2.CCC1CN(C(=O)OC(C)(C)C)CCN1. The van der Waals surface area contributed by atoms with Crippen LogP contribution in [0.25, 0.3) is 0 Å². The molecule has 2 N–H and O–H groups in total. The second-order valence-electron chi connectivity index (χ2n) is 13.0. The maximum Gasteiger partial charge on any atom is 0.410 e. The zero-order valence-corrected chi connectivity index (χ0v) is 22.2. The summed E-state index contributed by atoms with van der Waals surface area (Å²) in [5, 5.41) is 13.2. The van der Waals surface area contributed by atoms with Gasteiger partial charge in [0.15, 0.2) is 0 Å². The van der Waals surface area contributed by atoms with Crippen LogP contribution >= 0.6 is 0 Å². The molecule has 35 heavy (non-hydrogen) atoms. The Balaban J connectivity index is 0.000000174. The van der Waals surface area contributed by atoms with Gasteiger partial charge in [-0.05, 0) is 88.0 Å². The molecule has 6 rings (SSSR count). The van der Waals surface area contributed by atoms with Gasteiger partial charge in [-0.15, -0.1) is 0 Å². The molecule has 194 valence electrons. The number of carboxylic acids is 1. The Bertz CT molecular complexity index is 928. The zero-order valence-electron chi connectivity index (χ0n) is 22.2. The van der Waals surface area contributed by atoms with E-state index in [2.05, 4.69) is 49.5 Å². The van der Waals surface area contributed by atoms with E-state index in [1.807, 2.05) is 20.8 Å². The van der Waals surface area contributed by atoms with Crippen molar-refractivity contribution in [3.05, 3.63) is 35.9 Å². The van der Waals surface area contributed by atoms with E-state index in [1.54, 1.807) is 4.90 Å². The van der Waals surface area contributed by atoms with Crippen molar-refractivity contribution in [1.82, 2.24) is 10.2 Å². The lowest BCUT2D eigenvalue weighted by atomic mass is 9.39. The minimum absolute atomic E-state index is 0.119. The largest absolute Gasteiger partial charge is 0.481 e. The second-order valence-corrected chi connectivity index (χ2v) is 13.0. The van der Waals surface area contributed by atoms with E-state index < -0.39 is 17.0 Å². The van der Waals surface area contributed by atoms with Crippen molar-refractivity contribution in [2.75, 3.05) is 19.6 Å². The highest BCUT2D eigenvalue weighted by atomic mass is 16.6. The van der Waals surface area contributed by atoms with Crippen LogP contribution in [0.3, 0.4) is 0 Å². The molecule has 1 aromatic carbocycles. The third-order valence-electron chi connectivity index (χ3n) is 8.59. The van der Waals surface area contributed by atoms with Crippen molar-refractivity contribution in [1.29, 1.82) is 0 Å². The van der Waals surface area contributed by atoms with Gasteiger partial charge in [-0.2, -0.15) is 0 Å². The highest BCUT2D eigenvalue weighted by Crippen LogP contribution is 2.70. The smallest absolute Gasteiger partial charge is 0.410 e. The molecule has 0 aromatic heterocycles. The lowest BCUT2D eigenvalue weighted by Gasteiger charge is -2.64. The quantitative estimate of drug-likeness (QED) is 0.583. The summed E-state index contributed by atoms with van der Waals surface area (Å²) in [6.07, 6.45) is 7.10. The minimum Gasteiger partial charge on any atom is -0.481 e. The van der Waals surface area contributed by atoms with Gasteiger partial charge in [0, 0.05) is 25.7 Å². The molecule has 1 amide bonds. The summed E-state index contributed by atoms with van der Waals surface area (Å²) in [6.45, 7) is 12.5. The molecule has 1 saturated heterocycles. The van der Waals surface area contributed by atoms with Gasteiger partial charge >= 0.3 is 12.1 Å². The Morgan fingerprint density at radius 3 is 2.43 bits per heavy atom. The molecule has 5 atom stereocenters. The number of ether oxygens (including phenoxy) is 1. The van der Waals surface area contributed by atoms with Gasteiger partial charge < -0.3 is 20.1 Å². The van der Waals surface area contributed by atoms with Gasteiger partial charge in [-0.3, -0.25) is 4.79 Å². The molecule has 1 aromatic rings. The summed E-state index contributed by atoms with van der Waals surface area (Å²) in [7, 11) is 0. The van der Waals surface area contributed by atoms with Crippen LogP contribution in [0.4, 0.5) is 4.79 Å². The number of carbonyl (C=O) groups is 2. The fraction of sp³-hybridized carbons (Fsp3) is 0.724. The van der Waals surface area contributed by atoms with Crippen molar-refractivity contribution < 1.29 is 19.4 Å². The van der Waals surface area contributed by atoms with E-state index >= 15 is 0 Å². The topological polar surface area (TPSA) is 78.9 Å². The average Bonchev–Trinajstić information content (AvgIpc) is 2.77. The normalized spacial score (nSPS) is 35.7. The van der Waals surface area contributed by atoms with E-state index in [0.717, 1.165) is 45.3 Å². The van der Waals surface area contributed by atoms with Crippen LogP contribution in [0.5, 0.6) is 0 Å². The molecule has 5 unspecified atom stereocenters. The van der Waals surface area contributed by atoms with Crippen molar-refractivity contribution in [2.24, 2.45) is 16.7 Å². The van der Waals surface area contributed by atoms with Gasteiger partial charge in [-0.1, -0.05) is 44.2 Å². The van der Waals surface area contributed by atoms with Crippen LogP contribution in [-0.4, -0.2) is 53.3 Å². The number of benzene rings is 1. The molecule has 5 aliphatic rings. The fourth-order valence-corrected chi connectivity index (χ4v) is 7.86. The molecule has 6 nitrogen and oxygen atoms in total. The molecule has 6 heteroatoms. The van der Waals surface area contributed by atoms with Crippen LogP contribution in [0.15, 0.2) is 30.3 Å². The van der Waals surface area contributed by atoms with Gasteiger partial charge in [0.25, 0.3) is 0 Å². The van der Waals surface area contributed by atoms with Crippen LogP contribution in [-0.2, 0) is 14.9 Å². The maximum atomic E-state index is 12.0. The highest BCUT2D eigenvalue weighted by molar-refractivity contribution is 5.76. The van der Waals surface area contributed by atoms with Crippen molar-refractivity contribution in [3.63, 3.8) is 0 Å². The minimum atomic E-state index is -0.548. The number of hydrogen-bond donors (Lipinski definition) is 2. The molecular weight excluding hydrogens is 440 g/mol. The first-order valence-corrected chi connectivity index (χ1v) is 13.4. The number of carboxylic acid groups (broad SMARTS) is 1. The van der Waals surface area contributed by atoms with Gasteiger partial charge in [0.05, 0.1) is 5.41 Å². The van der Waals surface area contributed by atoms with Gasteiger partial charge in [-0.25, -0.2) is 4.79 Å². The molecule has 4 saturated carbocycles. The first-order chi connectivity index (χ1) is 16.4. The highest BCUT2D eigenvalue weighted by Gasteiger charge is 2.64. The lowest BCUT2D eigenvalue weighted by molar-refractivity contribution is -0.177. The number of carbonyl (C=O) groups excluding carboxylic acids is 1. The molecule has 0 radical (unpaired) electrons. The Kier molecular flexibility index (Phi) is 7.00. The lowest BCUT2D eigenvalue weighted by Crippen LogP contribution is -2.60. The first-order valence-electron chi connectivity index (χ1n) is 13.4. The monoisotopic (exact) mass is 484 g/mol. The molecule has 1 aliphatic heterocycles. The Hall–Kier alpha value is -2.08. The number of hydrogen-bond acceptors (Lipinski definition) is 4. The van der Waals surface area contributed by atoms with Crippen LogP contribution in [0.2, 0.25) is 0 Å². The number of piperazine rings is 1. The molecule has 4 aliphatic carbocycles. The number of nitrogens with one attached hydrogen (secondary N) is 1. The summed E-state index contributed by atoms with van der Waals surface area (Å²) in [5.41, 5.74) is 0.871. The Labute approximate surface area is 210 Å². The predicted octanol–water partition coefficient (Wildman–Crippen LogP) is 5.60. The second kappa shape index (κ2) is 9.42. The van der Waals surface area contributed by atoms with E-state index in [-0.39, 0.29) is 16.9 Å².